The first kappa shape index (κ1) is 19.4. The molecule has 1 saturated heterocycles. The number of hydrogen-bond acceptors (Lipinski definition) is 6. The van der Waals surface area contributed by atoms with Gasteiger partial charge in [-0.2, -0.15) is 17.0 Å². The first-order chi connectivity index (χ1) is 12.5. The van der Waals surface area contributed by atoms with Gasteiger partial charge < -0.3 is 4.90 Å². The Morgan fingerprint density at radius 3 is 2.50 bits per heavy atom. The SMILES string of the molecule is CCN(CC)S(=O)(=O)N1CCN(C(=O)c2cnc(-c3cccs3)s2)CC1. The molecule has 0 N–H and O–H groups in total. The Balaban J connectivity index is 1.64. The average Bonchev–Trinajstić information content (AvgIpc) is 3.33. The zero-order valence-corrected chi connectivity index (χ0v) is 17.2. The van der Waals surface area contributed by atoms with E-state index >= 15 is 0 Å². The number of thiophene rings is 1. The van der Waals surface area contributed by atoms with Crippen LogP contribution in [0.5, 0.6) is 0 Å². The number of thiazole rings is 1. The molecule has 1 aliphatic rings. The van der Waals surface area contributed by atoms with Crippen LogP contribution in [0.15, 0.2) is 23.7 Å². The van der Waals surface area contributed by atoms with Gasteiger partial charge in [-0.15, -0.1) is 22.7 Å². The minimum Gasteiger partial charge on any atom is -0.335 e. The predicted octanol–water partition coefficient (Wildman–Crippen LogP) is 2.22. The van der Waals surface area contributed by atoms with Gasteiger partial charge in [0.1, 0.15) is 9.88 Å². The third-order valence-electron chi connectivity index (χ3n) is 4.33. The summed E-state index contributed by atoms with van der Waals surface area (Å²) in [5.74, 6) is -0.0785. The molecule has 26 heavy (non-hydrogen) atoms. The molecule has 0 spiro atoms. The van der Waals surface area contributed by atoms with Gasteiger partial charge in [0.25, 0.3) is 16.1 Å². The summed E-state index contributed by atoms with van der Waals surface area (Å²) in [5, 5.41) is 2.82. The van der Waals surface area contributed by atoms with Gasteiger partial charge in [0, 0.05) is 39.3 Å². The summed E-state index contributed by atoms with van der Waals surface area (Å²) < 4.78 is 28.1. The summed E-state index contributed by atoms with van der Waals surface area (Å²) in [6, 6.07) is 3.94. The smallest absolute Gasteiger partial charge is 0.282 e. The summed E-state index contributed by atoms with van der Waals surface area (Å²) in [6.45, 7) is 5.99. The number of hydrogen-bond donors (Lipinski definition) is 0. The van der Waals surface area contributed by atoms with Gasteiger partial charge >= 0.3 is 0 Å². The molecule has 0 aromatic carbocycles. The van der Waals surface area contributed by atoms with Crippen LogP contribution >= 0.6 is 22.7 Å². The first-order valence-corrected chi connectivity index (χ1v) is 11.6. The van der Waals surface area contributed by atoms with Crippen LogP contribution in [0.1, 0.15) is 23.5 Å². The molecule has 3 rings (SSSR count). The number of amides is 1. The zero-order valence-electron chi connectivity index (χ0n) is 14.8. The lowest BCUT2D eigenvalue weighted by Crippen LogP contribution is -2.54. The van der Waals surface area contributed by atoms with Crippen LogP contribution in [0, 0.1) is 0 Å². The van der Waals surface area contributed by atoms with Crippen molar-refractivity contribution in [2.75, 3.05) is 39.3 Å². The van der Waals surface area contributed by atoms with Gasteiger partial charge in [0.05, 0.1) is 11.1 Å². The maximum absolute atomic E-state index is 12.7. The maximum Gasteiger partial charge on any atom is 0.282 e. The normalized spacial score (nSPS) is 16.3. The van der Waals surface area contributed by atoms with E-state index in [2.05, 4.69) is 4.98 Å². The average molecular weight is 415 g/mol. The Hall–Kier alpha value is -1.33. The first-order valence-electron chi connectivity index (χ1n) is 8.51. The van der Waals surface area contributed by atoms with Crippen molar-refractivity contribution < 1.29 is 13.2 Å². The predicted molar refractivity (Wildman–Crippen MR) is 105 cm³/mol. The van der Waals surface area contributed by atoms with Crippen LogP contribution in [-0.2, 0) is 10.2 Å². The highest BCUT2D eigenvalue weighted by Crippen LogP contribution is 2.29. The molecule has 2 aromatic rings. The molecule has 0 saturated carbocycles. The van der Waals surface area contributed by atoms with Crippen molar-refractivity contribution in [3.05, 3.63) is 28.6 Å². The molecule has 2 aromatic heterocycles. The van der Waals surface area contributed by atoms with Crippen molar-refractivity contribution in [2.24, 2.45) is 0 Å². The molecule has 0 aliphatic carbocycles. The van der Waals surface area contributed by atoms with E-state index in [0.29, 0.717) is 44.1 Å². The highest BCUT2D eigenvalue weighted by Gasteiger charge is 2.32. The van der Waals surface area contributed by atoms with Crippen LogP contribution in [0.25, 0.3) is 9.88 Å². The zero-order chi connectivity index (χ0) is 18.7. The Bertz CT molecular complexity index is 836. The summed E-state index contributed by atoms with van der Waals surface area (Å²) in [7, 11) is -3.44. The molecule has 0 radical (unpaired) electrons. The Labute approximate surface area is 162 Å². The van der Waals surface area contributed by atoms with Gasteiger partial charge in [0.2, 0.25) is 0 Å². The van der Waals surface area contributed by atoms with E-state index < -0.39 is 10.2 Å². The quantitative estimate of drug-likeness (QED) is 0.726. The lowest BCUT2D eigenvalue weighted by atomic mass is 10.3. The molecule has 1 amide bonds. The largest absolute Gasteiger partial charge is 0.335 e. The Morgan fingerprint density at radius 1 is 1.23 bits per heavy atom. The second-order valence-electron chi connectivity index (χ2n) is 5.79. The third kappa shape index (κ3) is 3.84. The van der Waals surface area contributed by atoms with Crippen molar-refractivity contribution >= 4 is 38.8 Å². The summed E-state index contributed by atoms with van der Waals surface area (Å²) >= 11 is 2.97. The Morgan fingerprint density at radius 2 is 1.92 bits per heavy atom. The van der Waals surface area contributed by atoms with Crippen molar-refractivity contribution in [3.63, 3.8) is 0 Å². The van der Waals surface area contributed by atoms with E-state index in [0.717, 1.165) is 9.88 Å². The maximum atomic E-state index is 12.7. The van der Waals surface area contributed by atoms with E-state index in [-0.39, 0.29) is 5.91 Å². The number of piperazine rings is 1. The van der Waals surface area contributed by atoms with Crippen molar-refractivity contribution in [1.29, 1.82) is 0 Å². The second-order valence-corrected chi connectivity index (χ2v) is 9.70. The molecule has 1 aliphatic heterocycles. The van der Waals surface area contributed by atoms with E-state index in [1.165, 1.54) is 19.9 Å². The highest BCUT2D eigenvalue weighted by atomic mass is 32.2. The van der Waals surface area contributed by atoms with Crippen LogP contribution in [0.4, 0.5) is 0 Å². The number of aromatic nitrogens is 1. The van der Waals surface area contributed by atoms with Crippen LogP contribution in [-0.4, -0.2) is 72.1 Å². The lowest BCUT2D eigenvalue weighted by molar-refractivity contribution is 0.0699. The summed E-state index contributed by atoms with van der Waals surface area (Å²) in [6.07, 6.45) is 1.61. The fraction of sp³-hybridized carbons (Fsp3) is 0.500. The molecule has 0 bridgehead atoms. The topological polar surface area (TPSA) is 73.8 Å². The highest BCUT2D eigenvalue weighted by molar-refractivity contribution is 7.86. The van der Waals surface area contributed by atoms with Gasteiger partial charge in [-0.05, 0) is 11.4 Å². The van der Waals surface area contributed by atoms with E-state index in [1.54, 1.807) is 22.4 Å². The number of rotatable bonds is 6. The van der Waals surface area contributed by atoms with Gasteiger partial charge in [-0.3, -0.25) is 4.79 Å². The number of nitrogens with zero attached hydrogens (tertiary/aromatic N) is 4. The summed E-state index contributed by atoms with van der Waals surface area (Å²) in [4.78, 5) is 20.4. The molecule has 7 nitrogen and oxygen atoms in total. The Kier molecular flexibility index (Phi) is 6.08. The number of carbonyl (C=O) groups excluding carboxylic acids is 1. The van der Waals surface area contributed by atoms with Crippen LogP contribution < -0.4 is 0 Å². The minimum atomic E-state index is -3.44. The van der Waals surface area contributed by atoms with Crippen molar-refractivity contribution in [1.82, 2.24) is 18.5 Å². The lowest BCUT2D eigenvalue weighted by Gasteiger charge is -2.36. The van der Waals surface area contributed by atoms with E-state index in [9.17, 15) is 13.2 Å². The molecule has 1 fully saturated rings. The van der Waals surface area contributed by atoms with Gasteiger partial charge in [-0.25, -0.2) is 4.98 Å². The monoisotopic (exact) mass is 414 g/mol. The fourth-order valence-electron chi connectivity index (χ4n) is 2.88. The molecule has 0 unspecified atom stereocenters. The molecule has 142 valence electrons. The molecule has 10 heteroatoms. The molecule has 0 atom stereocenters. The third-order valence-corrected chi connectivity index (χ3v) is 8.54. The van der Waals surface area contributed by atoms with Crippen LogP contribution in [0.3, 0.4) is 0 Å². The molecular weight excluding hydrogens is 392 g/mol. The molecular formula is C16H22N4O3S3. The standard InChI is InChI=1S/C16H22N4O3S3/c1-3-19(4-2)26(22,23)20-9-7-18(8-10-20)16(21)14-12-17-15(25-14)13-6-5-11-24-13/h5-6,11-12H,3-4,7-10H2,1-2H3. The second kappa shape index (κ2) is 8.13. The van der Waals surface area contributed by atoms with Crippen molar-refractivity contribution in [2.45, 2.75) is 13.8 Å². The van der Waals surface area contributed by atoms with Gasteiger partial charge in [0.15, 0.2) is 0 Å². The number of carbonyl (C=O) groups is 1. The van der Waals surface area contributed by atoms with Crippen LogP contribution in [0.2, 0.25) is 0 Å². The van der Waals surface area contributed by atoms with Gasteiger partial charge in [-0.1, -0.05) is 19.9 Å². The van der Waals surface area contributed by atoms with Crippen molar-refractivity contribution in [3.8, 4) is 9.88 Å². The fourth-order valence-corrected chi connectivity index (χ4v) is 6.17. The van der Waals surface area contributed by atoms with E-state index in [1.807, 2.05) is 31.4 Å². The van der Waals surface area contributed by atoms with E-state index in [4.69, 9.17) is 0 Å². The summed E-state index contributed by atoms with van der Waals surface area (Å²) in [5.41, 5.74) is 0. The molecule has 3 heterocycles. The minimum absolute atomic E-state index is 0.0785.